The molecule has 2 rings (SSSR count). The smallest absolute Gasteiger partial charge is 0.307 e. The van der Waals surface area contributed by atoms with Crippen LogP contribution in [0.25, 0.3) is 0 Å². The fourth-order valence-electron chi connectivity index (χ4n) is 3.67. The van der Waals surface area contributed by atoms with Crippen LogP contribution in [0.3, 0.4) is 0 Å². The Morgan fingerprint density at radius 2 is 1.95 bits per heavy atom. The standard InChI is InChI=1S/C16H27NO4/c1-3-11-8-13(14(9-11)16(19)20)15(18)17(4-2)10-12-6-5-7-21-12/h11-14H,3-10H2,1-2H3,(H,19,20). The highest BCUT2D eigenvalue weighted by molar-refractivity contribution is 5.85. The number of carbonyl (C=O) groups is 2. The molecule has 0 spiro atoms. The van der Waals surface area contributed by atoms with Gasteiger partial charge in [-0.15, -0.1) is 0 Å². The van der Waals surface area contributed by atoms with Crippen LogP contribution in [0, 0.1) is 17.8 Å². The average molecular weight is 297 g/mol. The van der Waals surface area contributed by atoms with Crippen LogP contribution in [0.5, 0.6) is 0 Å². The van der Waals surface area contributed by atoms with E-state index in [9.17, 15) is 14.7 Å². The van der Waals surface area contributed by atoms with Crippen LogP contribution in [-0.4, -0.2) is 47.7 Å². The minimum absolute atomic E-state index is 0.0105. The molecule has 0 radical (unpaired) electrons. The van der Waals surface area contributed by atoms with Crippen molar-refractivity contribution in [2.75, 3.05) is 19.7 Å². The zero-order valence-corrected chi connectivity index (χ0v) is 13.1. The molecule has 0 aromatic heterocycles. The number of hydrogen-bond acceptors (Lipinski definition) is 3. The third kappa shape index (κ3) is 3.76. The number of nitrogens with zero attached hydrogens (tertiary/aromatic N) is 1. The Kier molecular flexibility index (Phi) is 5.62. The zero-order chi connectivity index (χ0) is 15.4. The van der Waals surface area contributed by atoms with Crippen LogP contribution >= 0.6 is 0 Å². The van der Waals surface area contributed by atoms with E-state index in [4.69, 9.17) is 4.74 Å². The number of amides is 1. The molecule has 2 aliphatic rings. The van der Waals surface area contributed by atoms with Gasteiger partial charge in [0.15, 0.2) is 0 Å². The molecule has 21 heavy (non-hydrogen) atoms. The topological polar surface area (TPSA) is 66.8 Å². The van der Waals surface area contributed by atoms with E-state index in [1.54, 1.807) is 4.90 Å². The van der Waals surface area contributed by atoms with Crippen LogP contribution in [0.15, 0.2) is 0 Å². The van der Waals surface area contributed by atoms with Gasteiger partial charge in [0.2, 0.25) is 5.91 Å². The number of likely N-dealkylation sites (N-methyl/N-ethyl adjacent to an activating group) is 1. The Morgan fingerprint density at radius 3 is 2.48 bits per heavy atom. The van der Waals surface area contributed by atoms with Crippen molar-refractivity contribution in [2.24, 2.45) is 17.8 Å². The first-order chi connectivity index (χ1) is 10.1. The van der Waals surface area contributed by atoms with Gasteiger partial charge in [0, 0.05) is 19.7 Å². The largest absolute Gasteiger partial charge is 0.481 e. The first kappa shape index (κ1) is 16.3. The number of aliphatic carboxylic acids is 1. The summed E-state index contributed by atoms with van der Waals surface area (Å²) in [4.78, 5) is 26.0. The highest BCUT2D eigenvalue weighted by atomic mass is 16.5. The lowest BCUT2D eigenvalue weighted by molar-refractivity contribution is -0.149. The Balaban J connectivity index is 2.02. The number of ether oxygens (including phenoxy) is 1. The maximum absolute atomic E-state index is 12.7. The Hall–Kier alpha value is -1.10. The number of rotatable bonds is 6. The van der Waals surface area contributed by atoms with Gasteiger partial charge in [-0.1, -0.05) is 13.3 Å². The van der Waals surface area contributed by atoms with E-state index in [2.05, 4.69) is 6.92 Å². The van der Waals surface area contributed by atoms with Crippen molar-refractivity contribution < 1.29 is 19.4 Å². The molecule has 2 fully saturated rings. The number of carboxylic acid groups (broad SMARTS) is 1. The van der Waals surface area contributed by atoms with E-state index in [-0.39, 0.29) is 17.9 Å². The van der Waals surface area contributed by atoms with Gasteiger partial charge < -0.3 is 14.7 Å². The van der Waals surface area contributed by atoms with Gasteiger partial charge in [-0.25, -0.2) is 0 Å². The van der Waals surface area contributed by atoms with Crippen molar-refractivity contribution in [2.45, 2.75) is 52.1 Å². The monoisotopic (exact) mass is 297 g/mol. The maximum Gasteiger partial charge on any atom is 0.307 e. The lowest BCUT2D eigenvalue weighted by Gasteiger charge is -2.28. The summed E-state index contributed by atoms with van der Waals surface area (Å²) in [5, 5.41) is 9.39. The van der Waals surface area contributed by atoms with Crippen LogP contribution in [0.4, 0.5) is 0 Å². The zero-order valence-electron chi connectivity index (χ0n) is 13.1. The summed E-state index contributed by atoms with van der Waals surface area (Å²) < 4.78 is 5.60. The van der Waals surface area contributed by atoms with E-state index >= 15 is 0 Å². The number of hydrogen-bond donors (Lipinski definition) is 1. The Bertz CT molecular complexity index is 378. The van der Waals surface area contributed by atoms with Crippen LogP contribution < -0.4 is 0 Å². The molecule has 1 N–H and O–H groups in total. The quantitative estimate of drug-likeness (QED) is 0.816. The summed E-state index contributed by atoms with van der Waals surface area (Å²) in [6.07, 6.45) is 4.48. The third-order valence-electron chi connectivity index (χ3n) is 5.01. The van der Waals surface area contributed by atoms with Gasteiger partial charge in [0.05, 0.1) is 17.9 Å². The predicted molar refractivity (Wildman–Crippen MR) is 78.9 cm³/mol. The highest BCUT2D eigenvalue weighted by Gasteiger charge is 2.43. The first-order valence-corrected chi connectivity index (χ1v) is 8.19. The second kappa shape index (κ2) is 7.25. The highest BCUT2D eigenvalue weighted by Crippen LogP contribution is 2.39. The minimum Gasteiger partial charge on any atom is -0.481 e. The molecule has 4 unspecified atom stereocenters. The summed E-state index contributed by atoms with van der Waals surface area (Å²) in [6, 6.07) is 0. The van der Waals surface area contributed by atoms with Gasteiger partial charge in [-0.2, -0.15) is 0 Å². The normalized spacial score (nSPS) is 32.3. The third-order valence-corrected chi connectivity index (χ3v) is 5.01. The Morgan fingerprint density at radius 1 is 1.24 bits per heavy atom. The number of carbonyl (C=O) groups excluding carboxylic acids is 1. The summed E-state index contributed by atoms with van der Waals surface area (Å²) in [6.45, 7) is 6.03. The molecule has 1 saturated carbocycles. The molecule has 0 aromatic rings. The van der Waals surface area contributed by atoms with Gasteiger partial charge in [-0.3, -0.25) is 9.59 Å². The summed E-state index contributed by atoms with van der Waals surface area (Å²) in [5.41, 5.74) is 0. The van der Waals surface area contributed by atoms with Crippen molar-refractivity contribution in [1.82, 2.24) is 4.90 Å². The average Bonchev–Trinajstić information content (AvgIpc) is 3.12. The molecule has 5 heteroatoms. The lowest BCUT2D eigenvalue weighted by atomic mass is 9.94. The van der Waals surface area contributed by atoms with Crippen LogP contribution in [0.1, 0.15) is 46.0 Å². The Labute approximate surface area is 126 Å². The minimum atomic E-state index is -0.822. The summed E-state index contributed by atoms with van der Waals surface area (Å²) >= 11 is 0. The summed E-state index contributed by atoms with van der Waals surface area (Å²) in [7, 11) is 0. The van der Waals surface area contributed by atoms with Gasteiger partial charge in [0.25, 0.3) is 0 Å². The van der Waals surface area contributed by atoms with E-state index in [1.807, 2.05) is 6.92 Å². The first-order valence-electron chi connectivity index (χ1n) is 8.19. The summed E-state index contributed by atoms with van der Waals surface area (Å²) in [5.74, 6) is -1.31. The van der Waals surface area contributed by atoms with Crippen molar-refractivity contribution in [1.29, 1.82) is 0 Å². The fourth-order valence-corrected chi connectivity index (χ4v) is 3.67. The van der Waals surface area contributed by atoms with Gasteiger partial charge >= 0.3 is 5.97 Å². The van der Waals surface area contributed by atoms with E-state index in [0.717, 1.165) is 25.9 Å². The van der Waals surface area contributed by atoms with Crippen LogP contribution in [-0.2, 0) is 14.3 Å². The van der Waals surface area contributed by atoms with Crippen molar-refractivity contribution in [3.05, 3.63) is 0 Å². The van der Waals surface area contributed by atoms with E-state index < -0.39 is 11.9 Å². The molecular formula is C16H27NO4. The molecule has 120 valence electrons. The molecule has 4 atom stereocenters. The van der Waals surface area contributed by atoms with Crippen molar-refractivity contribution >= 4 is 11.9 Å². The molecule has 5 nitrogen and oxygen atoms in total. The SMILES string of the molecule is CCC1CC(C(=O)O)C(C(=O)N(CC)CC2CCCO2)C1. The maximum atomic E-state index is 12.7. The lowest BCUT2D eigenvalue weighted by Crippen LogP contribution is -2.42. The molecule has 1 aliphatic carbocycles. The second-order valence-corrected chi connectivity index (χ2v) is 6.31. The van der Waals surface area contributed by atoms with E-state index in [1.165, 1.54) is 0 Å². The molecule has 1 amide bonds. The predicted octanol–water partition coefficient (Wildman–Crippen LogP) is 2.15. The van der Waals surface area contributed by atoms with Crippen LogP contribution in [0.2, 0.25) is 0 Å². The second-order valence-electron chi connectivity index (χ2n) is 6.31. The molecular weight excluding hydrogens is 270 g/mol. The molecule has 1 heterocycles. The van der Waals surface area contributed by atoms with E-state index in [0.29, 0.717) is 31.8 Å². The molecule has 1 aliphatic heterocycles. The molecule has 0 bridgehead atoms. The molecule has 1 saturated heterocycles. The van der Waals surface area contributed by atoms with Gasteiger partial charge in [0.1, 0.15) is 0 Å². The van der Waals surface area contributed by atoms with Gasteiger partial charge in [-0.05, 0) is 38.5 Å². The van der Waals surface area contributed by atoms with Crippen molar-refractivity contribution in [3.63, 3.8) is 0 Å². The fraction of sp³-hybridized carbons (Fsp3) is 0.875. The number of carboxylic acids is 1. The van der Waals surface area contributed by atoms with Crippen molar-refractivity contribution in [3.8, 4) is 0 Å². The molecule has 0 aromatic carbocycles.